The molecule has 0 aliphatic rings. The van der Waals surface area contributed by atoms with Gasteiger partial charge in [-0.15, -0.1) is 0 Å². The first-order valence-corrected chi connectivity index (χ1v) is 8.55. The van der Waals surface area contributed by atoms with Gasteiger partial charge in [-0.1, -0.05) is 37.6 Å². The number of hydrogen-bond donors (Lipinski definition) is 1. The molecule has 2 rings (SSSR count). The van der Waals surface area contributed by atoms with Crippen LogP contribution in [-0.2, 0) is 11.3 Å². The SMILES string of the molecule is CCOC(=O)c1nn(-c2ccccc2Cl)c(Br)c1CNC(C)C. The predicted octanol–water partition coefficient (Wildman–Crippen LogP) is 3.96. The first kappa shape index (κ1) is 18.0. The fraction of sp³-hybridized carbons (Fsp3) is 0.375. The summed E-state index contributed by atoms with van der Waals surface area (Å²) < 4.78 is 7.41. The van der Waals surface area contributed by atoms with E-state index in [1.807, 2.05) is 32.0 Å². The van der Waals surface area contributed by atoms with E-state index in [2.05, 4.69) is 26.3 Å². The molecule has 124 valence electrons. The lowest BCUT2D eigenvalue weighted by Crippen LogP contribution is -2.23. The molecule has 0 spiro atoms. The maximum absolute atomic E-state index is 12.2. The summed E-state index contributed by atoms with van der Waals surface area (Å²) in [6, 6.07) is 7.61. The lowest BCUT2D eigenvalue weighted by molar-refractivity contribution is 0.0517. The Morgan fingerprint density at radius 3 is 2.74 bits per heavy atom. The van der Waals surface area contributed by atoms with Crippen molar-refractivity contribution in [2.24, 2.45) is 0 Å². The summed E-state index contributed by atoms with van der Waals surface area (Å²) in [7, 11) is 0. The van der Waals surface area contributed by atoms with Crippen LogP contribution in [-0.4, -0.2) is 28.4 Å². The number of nitrogens with one attached hydrogen (secondary N) is 1. The Labute approximate surface area is 149 Å². The van der Waals surface area contributed by atoms with Gasteiger partial charge in [0.05, 0.1) is 17.3 Å². The van der Waals surface area contributed by atoms with Crippen molar-refractivity contribution < 1.29 is 9.53 Å². The van der Waals surface area contributed by atoms with Gasteiger partial charge in [-0.05, 0) is 35.0 Å². The first-order chi connectivity index (χ1) is 11.0. The van der Waals surface area contributed by atoms with Gasteiger partial charge in [0, 0.05) is 18.2 Å². The first-order valence-electron chi connectivity index (χ1n) is 7.38. The van der Waals surface area contributed by atoms with Crippen molar-refractivity contribution in [3.05, 3.63) is 45.1 Å². The van der Waals surface area contributed by atoms with E-state index in [0.717, 1.165) is 5.56 Å². The molecule has 0 aliphatic heterocycles. The van der Waals surface area contributed by atoms with Crippen molar-refractivity contribution in [3.8, 4) is 5.69 Å². The average molecular weight is 401 g/mol. The lowest BCUT2D eigenvalue weighted by Gasteiger charge is -2.09. The van der Waals surface area contributed by atoms with E-state index in [-0.39, 0.29) is 11.7 Å². The zero-order valence-corrected chi connectivity index (χ0v) is 15.6. The number of rotatable bonds is 6. The molecule has 0 amide bonds. The quantitative estimate of drug-likeness (QED) is 0.746. The van der Waals surface area contributed by atoms with Crippen molar-refractivity contribution in [2.75, 3.05) is 6.61 Å². The normalized spacial score (nSPS) is 11.0. The Bertz CT molecular complexity index is 701. The van der Waals surface area contributed by atoms with E-state index >= 15 is 0 Å². The van der Waals surface area contributed by atoms with Gasteiger partial charge < -0.3 is 10.1 Å². The molecule has 0 unspecified atom stereocenters. The van der Waals surface area contributed by atoms with Crippen LogP contribution in [0.4, 0.5) is 0 Å². The summed E-state index contributed by atoms with van der Waals surface area (Å²) >= 11 is 9.78. The van der Waals surface area contributed by atoms with Gasteiger partial charge >= 0.3 is 5.97 Å². The van der Waals surface area contributed by atoms with Crippen LogP contribution >= 0.6 is 27.5 Å². The third-order valence-electron chi connectivity index (χ3n) is 3.16. The molecule has 0 bridgehead atoms. The summed E-state index contributed by atoms with van der Waals surface area (Å²) in [5.74, 6) is -0.445. The van der Waals surface area contributed by atoms with Crippen LogP contribution in [0.1, 0.15) is 36.8 Å². The van der Waals surface area contributed by atoms with E-state index in [9.17, 15) is 4.79 Å². The van der Waals surface area contributed by atoms with Crippen LogP contribution in [0.3, 0.4) is 0 Å². The van der Waals surface area contributed by atoms with Crippen LogP contribution in [0.2, 0.25) is 5.02 Å². The molecule has 7 heteroatoms. The number of hydrogen-bond acceptors (Lipinski definition) is 4. The van der Waals surface area contributed by atoms with E-state index in [1.54, 1.807) is 17.7 Å². The summed E-state index contributed by atoms with van der Waals surface area (Å²) in [5.41, 5.74) is 1.73. The minimum atomic E-state index is -0.445. The zero-order chi connectivity index (χ0) is 17.0. The highest BCUT2D eigenvalue weighted by atomic mass is 79.9. The number of para-hydroxylation sites is 1. The molecule has 0 radical (unpaired) electrons. The molecule has 0 fully saturated rings. The largest absolute Gasteiger partial charge is 0.461 e. The Kier molecular flexibility index (Phi) is 6.21. The number of carbonyl (C=O) groups is 1. The Morgan fingerprint density at radius 1 is 1.43 bits per heavy atom. The van der Waals surface area contributed by atoms with Crippen LogP contribution < -0.4 is 5.32 Å². The van der Waals surface area contributed by atoms with Gasteiger partial charge in [-0.3, -0.25) is 0 Å². The second kappa shape index (κ2) is 7.95. The molecule has 1 aromatic heterocycles. The molecule has 23 heavy (non-hydrogen) atoms. The third-order valence-corrected chi connectivity index (χ3v) is 4.29. The van der Waals surface area contributed by atoms with E-state index < -0.39 is 5.97 Å². The van der Waals surface area contributed by atoms with E-state index in [0.29, 0.717) is 28.5 Å². The number of carbonyl (C=O) groups excluding carboxylic acids is 1. The predicted molar refractivity (Wildman–Crippen MR) is 94.2 cm³/mol. The van der Waals surface area contributed by atoms with Gasteiger partial charge in [-0.25, -0.2) is 9.48 Å². The maximum Gasteiger partial charge on any atom is 0.359 e. The van der Waals surface area contributed by atoms with Crippen molar-refractivity contribution in [1.29, 1.82) is 0 Å². The number of ether oxygens (including phenoxy) is 1. The number of nitrogens with zero attached hydrogens (tertiary/aromatic N) is 2. The summed E-state index contributed by atoms with van der Waals surface area (Å²) in [6.07, 6.45) is 0. The monoisotopic (exact) mass is 399 g/mol. The third kappa shape index (κ3) is 4.13. The van der Waals surface area contributed by atoms with Gasteiger partial charge in [0.2, 0.25) is 0 Å². The summed E-state index contributed by atoms with van der Waals surface area (Å²) in [6.45, 7) is 6.64. The fourth-order valence-electron chi connectivity index (χ4n) is 2.04. The second-order valence-corrected chi connectivity index (χ2v) is 6.40. The lowest BCUT2D eigenvalue weighted by atomic mass is 10.2. The number of benzene rings is 1. The number of aromatic nitrogens is 2. The minimum absolute atomic E-state index is 0.278. The second-order valence-electron chi connectivity index (χ2n) is 5.24. The number of esters is 1. The molecule has 0 saturated carbocycles. The topological polar surface area (TPSA) is 56.1 Å². The average Bonchev–Trinajstić information content (AvgIpc) is 2.83. The molecular formula is C16H19BrClN3O2. The Hall–Kier alpha value is -1.37. The standard InChI is InChI=1S/C16H19BrClN3O2/c1-4-23-16(22)14-11(9-19-10(2)3)15(17)21(20-14)13-8-6-5-7-12(13)18/h5-8,10,19H,4,9H2,1-3H3. The van der Waals surface area contributed by atoms with Crippen molar-refractivity contribution >= 4 is 33.5 Å². The van der Waals surface area contributed by atoms with Gasteiger partial charge in [0.25, 0.3) is 0 Å². The van der Waals surface area contributed by atoms with Gasteiger partial charge in [-0.2, -0.15) is 5.10 Å². The van der Waals surface area contributed by atoms with Gasteiger partial charge in [0.15, 0.2) is 5.69 Å². The minimum Gasteiger partial charge on any atom is -0.461 e. The van der Waals surface area contributed by atoms with E-state index in [1.165, 1.54) is 0 Å². The Balaban J connectivity index is 2.51. The Morgan fingerprint density at radius 2 is 2.13 bits per heavy atom. The molecule has 1 aromatic carbocycles. The van der Waals surface area contributed by atoms with Crippen molar-refractivity contribution in [2.45, 2.75) is 33.4 Å². The zero-order valence-electron chi connectivity index (χ0n) is 13.3. The van der Waals surface area contributed by atoms with Crippen molar-refractivity contribution in [3.63, 3.8) is 0 Å². The molecule has 2 aromatic rings. The van der Waals surface area contributed by atoms with Crippen LogP contribution in [0.5, 0.6) is 0 Å². The molecule has 0 saturated heterocycles. The molecule has 0 atom stereocenters. The summed E-state index contributed by atoms with van der Waals surface area (Å²) in [4.78, 5) is 12.2. The summed E-state index contributed by atoms with van der Waals surface area (Å²) in [5, 5.41) is 8.25. The maximum atomic E-state index is 12.2. The van der Waals surface area contributed by atoms with Crippen molar-refractivity contribution in [1.82, 2.24) is 15.1 Å². The number of halogens is 2. The van der Waals surface area contributed by atoms with Crippen LogP contribution in [0, 0.1) is 0 Å². The molecule has 0 aliphatic carbocycles. The highest BCUT2D eigenvalue weighted by molar-refractivity contribution is 9.10. The fourth-order valence-corrected chi connectivity index (χ4v) is 2.85. The smallest absolute Gasteiger partial charge is 0.359 e. The van der Waals surface area contributed by atoms with Crippen LogP contribution in [0.15, 0.2) is 28.9 Å². The molecule has 1 heterocycles. The van der Waals surface area contributed by atoms with Gasteiger partial charge in [0.1, 0.15) is 4.60 Å². The highest BCUT2D eigenvalue weighted by Crippen LogP contribution is 2.28. The molecular weight excluding hydrogens is 382 g/mol. The van der Waals surface area contributed by atoms with E-state index in [4.69, 9.17) is 16.3 Å². The van der Waals surface area contributed by atoms with Crippen LogP contribution in [0.25, 0.3) is 5.69 Å². The molecule has 5 nitrogen and oxygen atoms in total. The molecule has 1 N–H and O–H groups in total. The highest BCUT2D eigenvalue weighted by Gasteiger charge is 2.24.